The summed E-state index contributed by atoms with van der Waals surface area (Å²) in [7, 11) is 0. The molecule has 0 saturated carbocycles. The van der Waals surface area contributed by atoms with Crippen LogP contribution >= 0.6 is 11.3 Å². The van der Waals surface area contributed by atoms with E-state index >= 15 is 0 Å². The van der Waals surface area contributed by atoms with E-state index in [9.17, 15) is 19.1 Å². The quantitative estimate of drug-likeness (QED) is 0.317. The number of nitrogens with zero attached hydrogens (tertiary/aromatic N) is 1. The van der Waals surface area contributed by atoms with Gasteiger partial charge in [-0.25, -0.2) is 4.39 Å². The number of amides is 1. The highest BCUT2D eigenvalue weighted by molar-refractivity contribution is 7.10. The Hall–Kier alpha value is -3.45. The Morgan fingerprint density at radius 1 is 1.16 bits per heavy atom. The van der Waals surface area contributed by atoms with Gasteiger partial charge < -0.3 is 14.7 Å². The van der Waals surface area contributed by atoms with Crippen molar-refractivity contribution in [1.82, 2.24) is 4.90 Å². The van der Waals surface area contributed by atoms with Gasteiger partial charge in [0.15, 0.2) is 0 Å². The lowest BCUT2D eigenvalue weighted by molar-refractivity contribution is -0.140. The fourth-order valence-corrected chi connectivity index (χ4v) is 4.87. The average Bonchev–Trinajstić information content (AvgIpc) is 3.31. The fraction of sp³-hybridized carbons (Fsp3) is 0.200. The van der Waals surface area contributed by atoms with Gasteiger partial charge in [0.05, 0.1) is 12.2 Å². The van der Waals surface area contributed by atoms with Crippen LogP contribution in [0.25, 0.3) is 5.76 Å². The van der Waals surface area contributed by atoms with Crippen molar-refractivity contribution in [3.8, 4) is 5.75 Å². The Labute approximate surface area is 189 Å². The van der Waals surface area contributed by atoms with E-state index in [2.05, 4.69) is 0 Å². The predicted octanol–water partition coefficient (Wildman–Crippen LogP) is 5.22. The van der Waals surface area contributed by atoms with Gasteiger partial charge in [0.2, 0.25) is 0 Å². The molecule has 7 heteroatoms. The number of aliphatic hydroxyl groups excluding tert-OH is 1. The van der Waals surface area contributed by atoms with Crippen LogP contribution in [0, 0.1) is 12.7 Å². The number of ether oxygens (including phenoxy) is 1. The second kappa shape index (κ2) is 8.96. The molecule has 1 N–H and O–H groups in total. The lowest BCUT2D eigenvalue weighted by Crippen LogP contribution is -2.29. The Bertz CT molecular complexity index is 1200. The highest BCUT2D eigenvalue weighted by Crippen LogP contribution is 2.43. The van der Waals surface area contributed by atoms with Crippen molar-refractivity contribution in [2.45, 2.75) is 26.4 Å². The van der Waals surface area contributed by atoms with E-state index in [1.807, 2.05) is 25.3 Å². The molecule has 0 aliphatic carbocycles. The van der Waals surface area contributed by atoms with E-state index in [1.54, 1.807) is 36.4 Å². The largest absolute Gasteiger partial charge is 0.507 e. The number of halogens is 1. The highest BCUT2D eigenvalue weighted by Gasteiger charge is 2.47. The molecular formula is C25H22FNO4S. The minimum Gasteiger partial charge on any atom is -0.507 e. The first-order valence-electron chi connectivity index (χ1n) is 10.2. The molecule has 1 aliphatic heterocycles. The van der Waals surface area contributed by atoms with E-state index in [0.717, 1.165) is 10.4 Å². The summed E-state index contributed by atoms with van der Waals surface area (Å²) < 4.78 is 18.9. The number of ketones is 1. The molecule has 3 aromatic rings. The second-order valence-electron chi connectivity index (χ2n) is 7.48. The number of Topliss-reactive ketones (excluding diaryl/α,β-unsaturated/α-hetero) is 1. The van der Waals surface area contributed by atoms with Crippen LogP contribution in [0.2, 0.25) is 0 Å². The van der Waals surface area contributed by atoms with Gasteiger partial charge in [-0.1, -0.05) is 24.3 Å². The molecule has 2 heterocycles. The molecule has 2 aromatic carbocycles. The number of carbonyl (C=O) groups excluding carboxylic acids is 2. The third-order valence-corrected chi connectivity index (χ3v) is 6.45. The molecule has 1 saturated heterocycles. The molecule has 0 radical (unpaired) electrons. The highest BCUT2D eigenvalue weighted by atomic mass is 32.1. The lowest BCUT2D eigenvalue weighted by Gasteiger charge is -2.25. The summed E-state index contributed by atoms with van der Waals surface area (Å²) in [6.45, 7) is 4.33. The zero-order valence-corrected chi connectivity index (χ0v) is 18.5. The number of hydrogen-bond donors (Lipinski definition) is 1. The molecule has 5 nitrogen and oxygen atoms in total. The fourth-order valence-electron chi connectivity index (χ4n) is 3.82. The van der Waals surface area contributed by atoms with Crippen LogP contribution in [-0.2, 0) is 16.1 Å². The van der Waals surface area contributed by atoms with Crippen LogP contribution in [0.3, 0.4) is 0 Å². The maximum Gasteiger partial charge on any atom is 0.295 e. The Kier molecular flexibility index (Phi) is 6.10. The molecule has 1 amide bonds. The van der Waals surface area contributed by atoms with Gasteiger partial charge in [-0.3, -0.25) is 9.59 Å². The smallest absolute Gasteiger partial charge is 0.295 e. The molecule has 1 unspecified atom stereocenters. The summed E-state index contributed by atoms with van der Waals surface area (Å²) in [5, 5.41) is 13.0. The average molecular weight is 452 g/mol. The van der Waals surface area contributed by atoms with Gasteiger partial charge in [0.1, 0.15) is 23.4 Å². The van der Waals surface area contributed by atoms with Gasteiger partial charge in [-0.15, -0.1) is 11.3 Å². The Morgan fingerprint density at radius 2 is 1.91 bits per heavy atom. The molecule has 0 bridgehead atoms. The van der Waals surface area contributed by atoms with Gasteiger partial charge in [0, 0.05) is 17.0 Å². The first kappa shape index (κ1) is 21.8. The number of aryl methyl sites for hydroxylation is 1. The van der Waals surface area contributed by atoms with Crippen molar-refractivity contribution >= 4 is 28.8 Å². The van der Waals surface area contributed by atoms with Crippen LogP contribution < -0.4 is 4.74 Å². The summed E-state index contributed by atoms with van der Waals surface area (Å²) in [5.74, 6) is -1.51. The number of aliphatic hydroxyl groups is 1. The van der Waals surface area contributed by atoms with Crippen LogP contribution in [0.4, 0.5) is 4.39 Å². The van der Waals surface area contributed by atoms with E-state index in [0.29, 0.717) is 23.5 Å². The van der Waals surface area contributed by atoms with Crippen molar-refractivity contribution in [3.05, 3.63) is 92.9 Å². The molecule has 0 spiro atoms. The first-order chi connectivity index (χ1) is 15.4. The molecule has 4 rings (SSSR count). The normalized spacial score (nSPS) is 17.7. The summed E-state index contributed by atoms with van der Waals surface area (Å²) in [6.07, 6.45) is 0. The number of rotatable bonds is 6. The number of benzene rings is 2. The predicted molar refractivity (Wildman–Crippen MR) is 121 cm³/mol. The van der Waals surface area contributed by atoms with Crippen molar-refractivity contribution in [3.63, 3.8) is 0 Å². The Morgan fingerprint density at radius 3 is 2.56 bits per heavy atom. The van der Waals surface area contributed by atoms with E-state index in [4.69, 9.17) is 4.74 Å². The molecule has 1 fully saturated rings. The number of likely N-dealkylation sites (tertiary alicyclic amines) is 1. The number of carbonyl (C=O) groups is 2. The van der Waals surface area contributed by atoms with Gasteiger partial charge >= 0.3 is 0 Å². The maximum absolute atomic E-state index is 13.4. The van der Waals surface area contributed by atoms with E-state index < -0.39 is 17.7 Å². The minimum atomic E-state index is -0.746. The summed E-state index contributed by atoms with van der Waals surface area (Å²) in [5.41, 5.74) is 2.04. The molecule has 1 atom stereocenters. The minimum absolute atomic E-state index is 0.0383. The Balaban J connectivity index is 1.83. The van der Waals surface area contributed by atoms with Crippen LogP contribution in [0.15, 0.2) is 65.6 Å². The van der Waals surface area contributed by atoms with Crippen LogP contribution in [-0.4, -0.2) is 28.3 Å². The lowest BCUT2D eigenvalue weighted by atomic mass is 9.98. The summed E-state index contributed by atoms with van der Waals surface area (Å²) in [4.78, 5) is 28.4. The summed E-state index contributed by atoms with van der Waals surface area (Å²) in [6, 6.07) is 13.8. The zero-order valence-electron chi connectivity index (χ0n) is 17.7. The van der Waals surface area contributed by atoms with Crippen molar-refractivity contribution in [2.75, 3.05) is 6.61 Å². The molecule has 164 valence electrons. The zero-order chi connectivity index (χ0) is 22.8. The second-order valence-corrected chi connectivity index (χ2v) is 8.43. The molecular weight excluding hydrogens is 429 g/mol. The van der Waals surface area contributed by atoms with Gasteiger partial charge in [-0.2, -0.15) is 0 Å². The van der Waals surface area contributed by atoms with E-state index in [1.165, 1.54) is 28.4 Å². The van der Waals surface area contributed by atoms with Crippen LogP contribution in [0.5, 0.6) is 5.75 Å². The molecule has 1 aromatic heterocycles. The number of thiophene rings is 1. The van der Waals surface area contributed by atoms with Gasteiger partial charge in [0.25, 0.3) is 11.7 Å². The van der Waals surface area contributed by atoms with Crippen molar-refractivity contribution in [1.29, 1.82) is 0 Å². The van der Waals surface area contributed by atoms with Crippen molar-refractivity contribution in [2.24, 2.45) is 0 Å². The molecule has 1 aliphatic rings. The topological polar surface area (TPSA) is 66.8 Å². The maximum atomic E-state index is 13.4. The molecule has 32 heavy (non-hydrogen) atoms. The summed E-state index contributed by atoms with van der Waals surface area (Å²) >= 11 is 1.42. The third-order valence-electron chi connectivity index (χ3n) is 5.37. The monoisotopic (exact) mass is 451 g/mol. The first-order valence-corrected chi connectivity index (χ1v) is 11.1. The van der Waals surface area contributed by atoms with Crippen molar-refractivity contribution < 1.29 is 23.8 Å². The van der Waals surface area contributed by atoms with Crippen LogP contribution in [0.1, 0.15) is 34.5 Å². The standard InChI is InChI=1S/C25H22FNO4S/c1-3-31-19-6-4-5-17(13-19)22(28)20-21(24-15(2)11-12-32-24)27(25(30)23(20)29)14-16-7-9-18(26)10-8-16/h4-13,21,28H,3,14H2,1-2H3/b22-20-. The SMILES string of the molecule is CCOc1cccc(/C(O)=C2/C(=O)C(=O)N(Cc3ccc(F)cc3)C2c2sccc2C)c1. The third kappa shape index (κ3) is 4.03. The van der Waals surface area contributed by atoms with Gasteiger partial charge in [-0.05, 0) is 60.7 Å². The number of hydrogen-bond acceptors (Lipinski definition) is 5. The van der Waals surface area contributed by atoms with E-state index in [-0.39, 0.29) is 23.7 Å².